The maximum Gasteiger partial charge on any atom is 0.243 e. The molecule has 0 aliphatic heterocycles. The van der Waals surface area contributed by atoms with Gasteiger partial charge in [0.2, 0.25) is 59.1 Å². The molecule has 0 spiro atoms. The molecule has 10 atom stereocenters. The quantitative estimate of drug-likeness (QED) is 0.0243. The number of H-pyrrole nitrogens is 5. The average Bonchev–Trinajstić information content (AvgIpc) is 1.63. The number of primary amides is 1. The highest BCUT2D eigenvalue weighted by Crippen LogP contribution is 2.26. The number of aromatic nitrogens is 5. The number of amides is 10. The van der Waals surface area contributed by atoms with Gasteiger partial charge in [0.05, 0.1) is 6.04 Å². The number of carbonyl (C=O) groups is 10. The van der Waals surface area contributed by atoms with Gasteiger partial charge in [-0.25, -0.2) is 0 Å². The van der Waals surface area contributed by atoms with Gasteiger partial charge in [-0.1, -0.05) is 97.4 Å². The van der Waals surface area contributed by atoms with Crippen LogP contribution < -0.4 is 88.0 Å². The fourth-order valence-electron chi connectivity index (χ4n) is 14.8. The van der Waals surface area contributed by atoms with Gasteiger partial charge in [-0.15, -0.1) is 0 Å². The number of fused-ring (bicyclic) bond motifs is 5. The SMILES string of the molecule is NCCCC[C@H](NC(=O)[C@H](CCCCN)NC(=O)[C@H](Cc1c[nH]c2ccccc12)NC(=O)[C@H](CCCCN)NC(=O)[C@H](CCCCN)NC(=O)[C@H](Cc1c[nH]c2ccccc12)NC(=O)[C@H](Cc1c[nH]c2ccccc12)NC(=O)[C@@H](N)CCCCN)C(=O)N[C@@H](Cc1c[nH]c2ccccc12)C(=O)N[C@@H](Cc1c[nH]c2ccccc12)C(N)=O. The van der Waals surface area contributed by atoms with Gasteiger partial charge in [0.25, 0.3) is 0 Å². The summed E-state index contributed by atoms with van der Waals surface area (Å²) in [5.41, 5.74) is 49.5. The zero-order valence-electron chi connectivity index (χ0n) is 65.5. The van der Waals surface area contributed by atoms with Gasteiger partial charge in [0.15, 0.2) is 0 Å². The number of nitrogens with two attached hydrogens (primary N) is 7. The molecule has 0 fully saturated rings. The van der Waals surface area contributed by atoms with Crippen LogP contribution in [0.1, 0.15) is 124 Å². The molecular weight excluding hydrogens is 1480 g/mol. The molecule has 0 bridgehead atoms. The van der Waals surface area contributed by atoms with Gasteiger partial charge in [-0.3, -0.25) is 47.9 Å². The topological polar surface area (TPSA) is 540 Å². The first-order chi connectivity index (χ1) is 56.3. The summed E-state index contributed by atoms with van der Waals surface area (Å²) < 4.78 is 0. The fraction of sp³-hybridized carbons (Fsp3) is 0.412. The Bertz CT molecular complexity index is 4950. The number of aromatic amines is 5. The Morgan fingerprint density at radius 1 is 0.250 bits per heavy atom. The highest BCUT2D eigenvalue weighted by Gasteiger charge is 2.37. The third-order valence-corrected chi connectivity index (χ3v) is 21.3. The molecule has 116 heavy (non-hydrogen) atoms. The van der Waals surface area contributed by atoms with E-state index >= 15 is 33.6 Å². The molecule has 31 heteroatoms. The van der Waals surface area contributed by atoms with E-state index in [2.05, 4.69) is 72.8 Å². The van der Waals surface area contributed by atoms with Crippen LogP contribution in [0.15, 0.2) is 152 Å². The Labute approximate surface area is 672 Å². The summed E-state index contributed by atoms with van der Waals surface area (Å²) in [6, 6.07) is 24.2. The fourth-order valence-corrected chi connectivity index (χ4v) is 14.8. The van der Waals surface area contributed by atoms with E-state index in [9.17, 15) is 14.4 Å². The molecule has 5 aromatic carbocycles. The lowest BCUT2D eigenvalue weighted by molar-refractivity contribution is -0.136. The minimum absolute atomic E-state index is 0.000858. The van der Waals surface area contributed by atoms with Gasteiger partial charge in [0, 0.05) is 118 Å². The molecule has 618 valence electrons. The molecule has 5 aromatic heterocycles. The van der Waals surface area contributed by atoms with Crippen molar-refractivity contribution in [1.29, 1.82) is 0 Å². The van der Waals surface area contributed by atoms with E-state index in [1.807, 2.05) is 121 Å². The standard InChI is InChI=1S/C85H113N21O10/c86-36-16-11-26-61(91)77(108)103-72(42-52-47-94-63-28-7-2-22-57(52)63)85(116)106-74(44-54-49-96-65-30-9-4-24-59(54)65)83(114)101-68(33-13-18-38-88)79(110)98-69(34-14-19-39-89)80(111)104-73(43-53-48-95-64-29-8-3-23-58(53)64)82(113)100-67(32-12-17-37-87)78(109)99-70(35-15-20-40-90)81(112)105-75(45-55-50-97-66-31-10-5-25-60(55)66)84(115)102-71(76(92)107)41-51-46-93-62-27-6-1-21-56(51)62/h1-10,21-25,27-31,46-50,61,67-75,93-97H,11-20,26,32-45,86-91H2,(H2,92,107)(H,98,110)(H,99,109)(H,100,113)(H,101,114)(H,102,115)(H,103,108)(H,104,111)(H,105,112)(H,106,116)/t61-,67-,68-,69-,70-,71-,72-,73-,74-,75-/m0/s1. The van der Waals surface area contributed by atoms with E-state index < -0.39 is 119 Å². The predicted octanol–water partition coefficient (Wildman–Crippen LogP) is 3.43. The van der Waals surface area contributed by atoms with Crippen molar-refractivity contribution in [1.82, 2.24) is 72.8 Å². The Morgan fingerprint density at radius 3 is 0.672 bits per heavy atom. The number of unbranched alkanes of at least 4 members (excludes halogenated alkanes) is 5. The van der Waals surface area contributed by atoms with E-state index in [-0.39, 0.29) is 84.0 Å². The molecular formula is C85H113N21O10. The van der Waals surface area contributed by atoms with Gasteiger partial charge in [-0.2, -0.15) is 0 Å². The summed E-state index contributed by atoms with van der Waals surface area (Å²) in [6.07, 6.45) is 13.1. The van der Waals surface area contributed by atoms with E-state index in [0.29, 0.717) is 99.4 Å². The molecule has 0 saturated heterocycles. The molecule has 31 nitrogen and oxygen atoms in total. The van der Waals surface area contributed by atoms with Crippen molar-refractivity contribution < 1.29 is 47.9 Å². The Balaban J connectivity index is 0.906. The van der Waals surface area contributed by atoms with Gasteiger partial charge >= 0.3 is 0 Å². The number of carbonyl (C=O) groups excluding carboxylic acids is 10. The molecule has 0 radical (unpaired) electrons. The van der Waals surface area contributed by atoms with E-state index in [4.69, 9.17) is 40.1 Å². The third kappa shape index (κ3) is 23.9. The number of benzene rings is 5. The molecule has 10 aromatic rings. The molecule has 5 heterocycles. The normalized spacial score (nSPS) is 14.2. The predicted molar refractivity (Wildman–Crippen MR) is 449 cm³/mol. The number of rotatable bonds is 49. The lowest BCUT2D eigenvalue weighted by Crippen LogP contribution is -2.61. The summed E-state index contributed by atoms with van der Waals surface area (Å²) in [4.78, 5) is 165. The molecule has 0 unspecified atom stereocenters. The Morgan fingerprint density at radius 2 is 0.440 bits per heavy atom. The molecule has 10 amide bonds. The Kier molecular flexibility index (Phi) is 32.6. The maximum atomic E-state index is 15.5. The van der Waals surface area contributed by atoms with Crippen LogP contribution in [0.5, 0.6) is 0 Å². The van der Waals surface area contributed by atoms with Gasteiger partial charge < -0.3 is 113 Å². The van der Waals surface area contributed by atoms with Crippen molar-refractivity contribution in [2.75, 3.05) is 32.7 Å². The van der Waals surface area contributed by atoms with Crippen LogP contribution in [0.4, 0.5) is 0 Å². The van der Waals surface area contributed by atoms with Crippen LogP contribution in [0.3, 0.4) is 0 Å². The molecule has 28 N–H and O–H groups in total. The Hall–Kier alpha value is -11.7. The van der Waals surface area contributed by atoms with Crippen LogP contribution in [0.2, 0.25) is 0 Å². The van der Waals surface area contributed by atoms with Crippen molar-refractivity contribution in [3.63, 3.8) is 0 Å². The van der Waals surface area contributed by atoms with E-state index in [1.54, 1.807) is 31.0 Å². The highest BCUT2D eigenvalue weighted by molar-refractivity contribution is 6.00. The third-order valence-electron chi connectivity index (χ3n) is 21.3. The van der Waals surface area contributed by atoms with Crippen molar-refractivity contribution in [3.8, 4) is 0 Å². The second kappa shape index (κ2) is 43.7. The molecule has 10 rings (SSSR count). The largest absolute Gasteiger partial charge is 0.368 e. The first-order valence-electron chi connectivity index (χ1n) is 40.3. The summed E-state index contributed by atoms with van der Waals surface area (Å²) in [5, 5.41) is 30.0. The smallest absolute Gasteiger partial charge is 0.243 e. The van der Waals surface area contributed by atoms with Crippen molar-refractivity contribution in [2.24, 2.45) is 40.1 Å². The average molecular weight is 1590 g/mol. The summed E-state index contributed by atoms with van der Waals surface area (Å²) in [5.74, 6) is -7.47. The van der Waals surface area contributed by atoms with Crippen molar-refractivity contribution >= 4 is 114 Å². The monoisotopic (exact) mass is 1590 g/mol. The number of hydrogen-bond acceptors (Lipinski definition) is 16. The number of nitrogens with one attached hydrogen (secondary N) is 14. The second-order valence-electron chi connectivity index (χ2n) is 29.8. The first-order valence-corrected chi connectivity index (χ1v) is 40.3. The van der Waals surface area contributed by atoms with Crippen LogP contribution in [-0.4, -0.2) is 177 Å². The van der Waals surface area contributed by atoms with Crippen molar-refractivity contribution in [3.05, 3.63) is 180 Å². The summed E-state index contributed by atoms with van der Waals surface area (Å²) in [6.45, 7) is 1.38. The lowest BCUT2D eigenvalue weighted by Gasteiger charge is -2.28. The minimum Gasteiger partial charge on any atom is -0.368 e. The van der Waals surface area contributed by atoms with Gasteiger partial charge in [0.1, 0.15) is 54.4 Å². The molecule has 0 aliphatic carbocycles. The summed E-state index contributed by atoms with van der Waals surface area (Å²) >= 11 is 0. The summed E-state index contributed by atoms with van der Waals surface area (Å²) in [7, 11) is 0. The van der Waals surface area contributed by atoms with E-state index in [1.165, 1.54) is 0 Å². The zero-order chi connectivity index (χ0) is 82.5. The zero-order valence-corrected chi connectivity index (χ0v) is 65.5. The van der Waals surface area contributed by atoms with E-state index in [0.717, 1.165) is 60.1 Å². The van der Waals surface area contributed by atoms with Crippen LogP contribution in [0.25, 0.3) is 54.5 Å². The van der Waals surface area contributed by atoms with Crippen LogP contribution >= 0.6 is 0 Å². The first kappa shape index (κ1) is 86.7. The lowest BCUT2D eigenvalue weighted by atomic mass is 10.00. The number of para-hydroxylation sites is 5. The molecule has 0 aliphatic rings. The van der Waals surface area contributed by atoms with Crippen molar-refractivity contribution in [2.45, 2.75) is 189 Å². The highest BCUT2D eigenvalue weighted by atomic mass is 16.2. The number of hydrogen-bond donors (Lipinski definition) is 21. The van der Waals surface area contributed by atoms with Crippen LogP contribution in [0, 0.1) is 0 Å². The van der Waals surface area contributed by atoms with Crippen LogP contribution in [-0.2, 0) is 80.0 Å². The molecule has 0 saturated carbocycles. The second-order valence-corrected chi connectivity index (χ2v) is 29.8. The van der Waals surface area contributed by atoms with Gasteiger partial charge in [-0.05, 0) is 181 Å². The minimum atomic E-state index is -1.45. The maximum absolute atomic E-state index is 15.5.